The molecular formula is C20H23NO3Si. The summed E-state index contributed by atoms with van der Waals surface area (Å²) in [6.07, 6.45) is 2.08. The van der Waals surface area contributed by atoms with Crippen LogP contribution in [0.5, 0.6) is 0 Å². The Kier molecular flexibility index (Phi) is 5.59. The van der Waals surface area contributed by atoms with Gasteiger partial charge >= 0.3 is 5.97 Å². The molecular weight excluding hydrogens is 330 g/mol. The highest BCUT2D eigenvalue weighted by Crippen LogP contribution is 2.30. The quantitative estimate of drug-likeness (QED) is 0.502. The van der Waals surface area contributed by atoms with Crippen LogP contribution in [0.2, 0.25) is 19.6 Å². The number of ether oxygens (including phenoxy) is 1. The number of benzene rings is 2. The Morgan fingerprint density at radius 3 is 2.00 bits per heavy atom. The number of carbonyl (C=O) groups excluding carboxylic acids is 2. The Morgan fingerprint density at radius 1 is 0.960 bits per heavy atom. The van der Waals surface area contributed by atoms with Crippen molar-refractivity contribution in [2.24, 2.45) is 5.73 Å². The van der Waals surface area contributed by atoms with Crippen LogP contribution in [0, 0.1) is 0 Å². The largest absolute Gasteiger partial charge is 0.465 e. The van der Waals surface area contributed by atoms with Gasteiger partial charge in [-0.25, -0.2) is 4.79 Å². The molecule has 0 bridgehead atoms. The molecule has 2 aromatic carbocycles. The molecule has 0 fully saturated rings. The zero-order chi connectivity index (χ0) is 18.6. The lowest BCUT2D eigenvalue weighted by Crippen LogP contribution is -2.25. The summed E-state index contributed by atoms with van der Waals surface area (Å²) >= 11 is 0. The number of hydrogen-bond acceptors (Lipinski definition) is 3. The highest BCUT2D eigenvalue weighted by Gasteiger charge is 2.24. The van der Waals surface area contributed by atoms with Crippen molar-refractivity contribution in [3.63, 3.8) is 0 Å². The summed E-state index contributed by atoms with van der Waals surface area (Å²) in [5.74, 6) is -0.791. The monoisotopic (exact) mass is 353 g/mol. The maximum Gasteiger partial charge on any atom is 0.337 e. The van der Waals surface area contributed by atoms with E-state index in [0.29, 0.717) is 11.1 Å². The molecule has 0 spiro atoms. The number of nitrogens with two attached hydrogens (primary N) is 1. The summed E-state index contributed by atoms with van der Waals surface area (Å²) in [5, 5.41) is 1.13. The summed E-state index contributed by atoms with van der Waals surface area (Å²) in [6.45, 7) is 6.66. The molecule has 0 aliphatic rings. The van der Waals surface area contributed by atoms with Crippen LogP contribution in [0.3, 0.4) is 0 Å². The van der Waals surface area contributed by atoms with Crippen molar-refractivity contribution in [2.45, 2.75) is 19.6 Å². The van der Waals surface area contributed by atoms with Gasteiger partial charge in [0.05, 0.1) is 20.7 Å². The zero-order valence-electron chi connectivity index (χ0n) is 15.0. The third kappa shape index (κ3) is 4.45. The van der Waals surface area contributed by atoms with Crippen molar-refractivity contribution >= 4 is 31.2 Å². The van der Waals surface area contributed by atoms with E-state index < -0.39 is 14.0 Å². The van der Waals surface area contributed by atoms with Crippen LogP contribution in [-0.2, 0) is 4.74 Å². The van der Waals surface area contributed by atoms with Crippen LogP contribution < -0.4 is 5.73 Å². The van der Waals surface area contributed by atoms with Crippen LogP contribution in [0.4, 0.5) is 0 Å². The summed E-state index contributed by atoms with van der Waals surface area (Å²) < 4.78 is 4.72. The predicted octanol–water partition coefficient (Wildman–Crippen LogP) is 3.99. The maximum atomic E-state index is 11.8. The fourth-order valence-electron chi connectivity index (χ4n) is 2.63. The molecule has 0 atom stereocenters. The van der Waals surface area contributed by atoms with Gasteiger partial charge in [-0.1, -0.05) is 61.2 Å². The molecule has 2 N–H and O–H groups in total. The lowest BCUT2D eigenvalue weighted by Gasteiger charge is -2.23. The van der Waals surface area contributed by atoms with E-state index in [0.717, 1.165) is 16.3 Å². The highest BCUT2D eigenvalue weighted by molar-refractivity contribution is 6.94. The van der Waals surface area contributed by atoms with Crippen LogP contribution in [0.1, 0.15) is 31.8 Å². The minimum absolute atomic E-state index is 0.361. The predicted molar refractivity (Wildman–Crippen MR) is 104 cm³/mol. The maximum absolute atomic E-state index is 11.8. The van der Waals surface area contributed by atoms with Crippen LogP contribution in [0.25, 0.3) is 11.3 Å². The van der Waals surface area contributed by atoms with Crippen molar-refractivity contribution in [3.8, 4) is 0 Å². The Labute approximate surface area is 149 Å². The van der Waals surface area contributed by atoms with Gasteiger partial charge in [0.2, 0.25) is 5.91 Å². The highest BCUT2D eigenvalue weighted by atomic mass is 28.3. The summed E-state index contributed by atoms with van der Waals surface area (Å²) in [5.41, 5.74) is 8.43. The minimum atomic E-state index is -1.77. The van der Waals surface area contributed by atoms with Crippen molar-refractivity contribution in [3.05, 3.63) is 70.8 Å². The Balaban J connectivity index is 2.54. The van der Waals surface area contributed by atoms with E-state index in [1.807, 2.05) is 30.3 Å². The van der Waals surface area contributed by atoms with E-state index >= 15 is 0 Å². The van der Waals surface area contributed by atoms with Crippen molar-refractivity contribution in [1.29, 1.82) is 0 Å². The van der Waals surface area contributed by atoms with Gasteiger partial charge in [0.25, 0.3) is 0 Å². The molecule has 2 rings (SSSR count). The topological polar surface area (TPSA) is 69.4 Å². The third-order valence-corrected chi connectivity index (χ3v) is 5.96. The van der Waals surface area contributed by atoms with Crippen molar-refractivity contribution in [1.82, 2.24) is 0 Å². The first-order chi connectivity index (χ1) is 11.7. The SMILES string of the molecule is COC(=O)c1ccc(/C=C(/c2ccccc2C(N)=O)[Si](C)(C)C)cc1. The fraction of sp³-hybridized carbons (Fsp3) is 0.200. The average molecular weight is 353 g/mol. The van der Waals surface area contributed by atoms with Gasteiger partial charge in [0.15, 0.2) is 0 Å². The minimum Gasteiger partial charge on any atom is -0.465 e. The second-order valence-electron chi connectivity index (χ2n) is 6.83. The van der Waals surface area contributed by atoms with Gasteiger partial charge in [0.1, 0.15) is 0 Å². The Morgan fingerprint density at radius 2 is 1.52 bits per heavy atom. The number of methoxy groups -OCH3 is 1. The fourth-order valence-corrected chi connectivity index (χ4v) is 4.26. The molecule has 0 aliphatic heterocycles. The molecule has 0 radical (unpaired) electrons. The van der Waals surface area contributed by atoms with E-state index in [9.17, 15) is 9.59 Å². The van der Waals surface area contributed by atoms with Gasteiger partial charge in [-0.2, -0.15) is 0 Å². The molecule has 0 heterocycles. The van der Waals surface area contributed by atoms with E-state index in [-0.39, 0.29) is 5.97 Å². The lowest BCUT2D eigenvalue weighted by atomic mass is 10.0. The smallest absolute Gasteiger partial charge is 0.337 e. The van der Waals surface area contributed by atoms with E-state index in [1.54, 1.807) is 18.2 Å². The van der Waals surface area contributed by atoms with E-state index in [1.165, 1.54) is 7.11 Å². The molecule has 0 saturated carbocycles. The van der Waals surface area contributed by atoms with E-state index in [2.05, 4.69) is 25.7 Å². The van der Waals surface area contributed by atoms with Crippen molar-refractivity contribution < 1.29 is 14.3 Å². The molecule has 25 heavy (non-hydrogen) atoms. The molecule has 2 aromatic rings. The van der Waals surface area contributed by atoms with Crippen LogP contribution >= 0.6 is 0 Å². The zero-order valence-corrected chi connectivity index (χ0v) is 16.0. The van der Waals surface area contributed by atoms with Gasteiger partial charge in [0, 0.05) is 5.56 Å². The van der Waals surface area contributed by atoms with Gasteiger partial charge in [-0.3, -0.25) is 4.79 Å². The van der Waals surface area contributed by atoms with Crippen molar-refractivity contribution in [2.75, 3.05) is 7.11 Å². The average Bonchev–Trinajstić information content (AvgIpc) is 2.58. The number of hydrogen-bond donors (Lipinski definition) is 1. The standard InChI is InChI=1S/C20H23NO3Si/c1-24-20(23)15-11-9-14(10-12-15)13-18(25(2,3)4)16-7-5-6-8-17(16)19(21)22/h5-13H,1-4H3,(H2,21,22)/b18-13-. The normalized spacial score (nSPS) is 11.9. The first-order valence-electron chi connectivity index (χ1n) is 8.04. The Bertz CT molecular complexity index is 818. The number of amides is 1. The second kappa shape index (κ2) is 7.48. The molecule has 0 saturated heterocycles. The number of esters is 1. The van der Waals surface area contributed by atoms with Gasteiger partial charge in [-0.15, -0.1) is 0 Å². The molecule has 1 amide bonds. The third-order valence-electron chi connectivity index (χ3n) is 3.93. The first kappa shape index (κ1) is 18.7. The first-order valence-corrected chi connectivity index (χ1v) is 11.5. The Hall–Kier alpha value is -2.66. The number of carbonyl (C=O) groups is 2. The number of rotatable bonds is 5. The molecule has 0 unspecified atom stereocenters. The molecule has 4 nitrogen and oxygen atoms in total. The van der Waals surface area contributed by atoms with Crippen LogP contribution in [-0.4, -0.2) is 27.1 Å². The van der Waals surface area contributed by atoms with Gasteiger partial charge < -0.3 is 10.5 Å². The van der Waals surface area contributed by atoms with E-state index in [4.69, 9.17) is 10.5 Å². The number of primary amides is 1. The summed E-state index contributed by atoms with van der Waals surface area (Å²) in [4.78, 5) is 23.4. The molecule has 5 heteroatoms. The summed E-state index contributed by atoms with van der Waals surface area (Å²) in [6, 6.07) is 14.6. The lowest BCUT2D eigenvalue weighted by molar-refractivity contribution is 0.0600. The molecule has 0 aromatic heterocycles. The van der Waals surface area contributed by atoms with Crippen LogP contribution in [0.15, 0.2) is 48.5 Å². The second-order valence-corrected chi connectivity index (χ2v) is 11.9. The summed E-state index contributed by atoms with van der Waals surface area (Å²) in [7, 11) is -0.407. The molecule has 0 aliphatic carbocycles. The molecule has 130 valence electrons. The van der Waals surface area contributed by atoms with Gasteiger partial charge in [-0.05, 0) is 29.3 Å².